The molecule has 0 fully saturated rings. The number of aromatic nitrogens is 2. The molecule has 0 saturated carbocycles. The minimum Gasteiger partial charge on any atom is -0.496 e. The first-order chi connectivity index (χ1) is 14.0. The lowest BCUT2D eigenvalue weighted by Crippen LogP contribution is -2.24. The minimum atomic E-state index is -0.364. The average molecular weight is 449 g/mol. The summed E-state index contributed by atoms with van der Waals surface area (Å²) >= 11 is 8.18. The summed E-state index contributed by atoms with van der Waals surface area (Å²) < 4.78 is 5.80. The molecule has 0 unspecified atom stereocenters. The Labute approximate surface area is 180 Å². The molecule has 1 heterocycles. The molecule has 29 heavy (non-hydrogen) atoms. The van der Waals surface area contributed by atoms with Crippen LogP contribution in [0.4, 0.5) is 5.69 Å². The first kappa shape index (κ1) is 21.1. The number of halogens is 1. The number of carbonyl (C=O) groups excluding carboxylic acids is 2. The smallest absolute Gasteiger partial charge is 0.286 e. The van der Waals surface area contributed by atoms with Crippen molar-refractivity contribution in [3.05, 3.63) is 64.1 Å². The van der Waals surface area contributed by atoms with Gasteiger partial charge in [-0.3, -0.25) is 9.59 Å². The number of para-hydroxylation sites is 1. The van der Waals surface area contributed by atoms with Crippen molar-refractivity contribution >= 4 is 52.2 Å². The van der Waals surface area contributed by atoms with Gasteiger partial charge < -0.3 is 15.4 Å². The van der Waals surface area contributed by atoms with Crippen molar-refractivity contribution in [1.82, 2.24) is 15.5 Å². The summed E-state index contributed by atoms with van der Waals surface area (Å²) in [5.74, 6) is 0.379. The lowest BCUT2D eigenvalue weighted by atomic mass is 10.2. The Hall–Kier alpha value is -2.62. The third kappa shape index (κ3) is 6.18. The van der Waals surface area contributed by atoms with Gasteiger partial charge in [0.25, 0.3) is 5.91 Å². The van der Waals surface area contributed by atoms with Gasteiger partial charge >= 0.3 is 0 Å². The summed E-state index contributed by atoms with van der Waals surface area (Å²) in [6.07, 6.45) is 0. The maximum absolute atomic E-state index is 12.2. The van der Waals surface area contributed by atoms with Crippen LogP contribution in [0.25, 0.3) is 0 Å². The number of anilines is 1. The van der Waals surface area contributed by atoms with E-state index < -0.39 is 0 Å². The molecule has 0 spiro atoms. The van der Waals surface area contributed by atoms with Crippen molar-refractivity contribution in [3.8, 4) is 5.75 Å². The van der Waals surface area contributed by atoms with Gasteiger partial charge in [0.2, 0.25) is 10.9 Å². The Balaban J connectivity index is 1.47. The predicted molar refractivity (Wildman–Crippen MR) is 115 cm³/mol. The van der Waals surface area contributed by atoms with E-state index in [0.29, 0.717) is 21.6 Å². The highest BCUT2D eigenvalue weighted by Crippen LogP contribution is 2.23. The Morgan fingerprint density at radius 1 is 1.14 bits per heavy atom. The van der Waals surface area contributed by atoms with Gasteiger partial charge in [0, 0.05) is 22.8 Å². The molecule has 0 aliphatic carbocycles. The molecule has 10 heteroatoms. The molecule has 3 aromatic rings. The van der Waals surface area contributed by atoms with Gasteiger partial charge in [0.15, 0.2) is 4.34 Å². The Kier molecular flexibility index (Phi) is 7.45. The fourth-order valence-electron chi connectivity index (χ4n) is 2.30. The molecule has 0 bridgehead atoms. The van der Waals surface area contributed by atoms with E-state index in [1.807, 2.05) is 24.3 Å². The summed E-state index contributed by atoms with van der Waals surface area (Å²) in [5.41, 5.74) is 1.50. The zero-order chi connectivity index (χ0) is 20.6. The maximum Gasteiger partial charge on any atom is 0.286 e. The number of ether oxygens (including phenoxy) is 1. The highest BCUT2D eigenvalue weighted by molar-refractivity contribution is 8.01. The molecule has 1 aromatic heterocycles. The fourth-order valence-corrected chi connectivity index (χ4v) is 4.00. The van der Waals surface area contributed by atoms with E-state index in [2.05, 4.69) is 20.8 Å². The van der Waals surface area contributed by atoms with Crippen LogP contribution >= 0.6 is 34.7 Å². The second-order valence-corrected chi connectivity index (χ2v) is 8.35. The molecular formula is C19H17ClN4O3S2. The van der Waals surface area contributed by atoms with Crippen LogP contribution in [0.15, 0.2) is 52.9 Å². The molecule has 7 nitrogen and oxygen atoms in total. The van der Waals surface area contributed by atoms with Gasteiger partial charge in [-0.25, -0.2) is 0 Å². The lowest BCUT2D eigenvalue weighted by molar-refractivity contribution is -0.118. The van der Waals surface area contributed by atoms with Crippen molar-refractivity contribution in [2.75, 3.05) is 18.2 Å². The second kappa shape index (κ2) is 10.2. The first-order valence-electron chi connectivity index (χ1n) is 8.47. The summed E-state index contributed by atoms with van der Waals surface area (Å²) in [6.45, 7) is 0.369. The van der Waals surface area contributed by atoms with E-state index in [0.717, 1.165) is 22.6 Å². The SMILES string of the molecule is COc1ccccc1CNC(=O)CSc1nnc(C(=O)Nc2ccc(Cl)cc2)s1. The molecule has 0 radical (unpaired) electrons. The van der Waals surface area contributed by atoms with E-state index in [9.17, 15) is 9.59 Å². The number of hydrogen-bond acceptors (Lipinski definition) is 7. The number of carbonyl (C=O) groups is 2. The molecular weight excluding hydrogens is 432 g/mol. The second-order valence-electron chi connectivity index (χ2n) is 5.71. The zero-order valence-corrected chi connectivity index (χ0v) is 17.7. The molecule has 2 N–H and O–H groups in total. The van der Waals surface area contributed by atoms with E-state index in [1.54, 1.807) is 31.4 Å². The van der Waals surface area contributed by atoms with Gasteiger partial charge in [-0.1, -0.05) is 52.9 Å². The topological polar surface area (TPSA) is 93.2 Å². The van der Waals surface area contributed by atoms with Crippen molar-refractivity contribution in [2.24, 2.45) is 0 Å². The molecule has 0 atom stereocenters. The van der Waals surface area contributed by atoms with Crippen LogP contribution in [0.5, 0.6) is 5.75 Å². The number of thioether (sulfide) groups is 1. The van der Waals surface area contributed by atoms with Crippen molar-refractivity contribution in [1.29, 1.82) is 0 Å². The van der Waals surface area contributed by atoms with Gasteiger partial charge in [-0.05, 0) is 30.3 Å². The van der Waals surface area contributed by atoms with Gasteiger partial charge in [0.05, 0.1) is 12.9 Å². The third-order valence-electron chi connectivity index (χ3n) is 3.70. The number of benzene rings is 2. The van der Waals surface area contributed by atoms with Crippen LogP contribution in [-0.2, 0) is 11.3 Å². The van der Waals surface area contributed by atoms with Gasteiger partial charge in [-0.2, -0.15) is 0 Å². The molecule has 0 aliphatic rings. The van der Waals surface area contributed by atoms with Crippen LogP contribution in [0.3, 0.4) is 0 Å². The van der Waals surface area contributed by atoms with Crippen LogP contribution < -0.4 is 15.4 Å². The number of nitrogens with zero attached hydrogens (tertiary/aromatic N) is 2. The highest BCUT2D eigenvalue weighted by Gasteiger charge is 2.14. The Bertz CT molecular complexity index is 995. The quantitative estimate of drug-likeness (QED) is 0.508. The van der Waals surface area contributed by atoms with Crippen LogP contribution in [0.1, 0.15) is 15.4 Å². The van der Waals surface area contributed by atoms with Gasteiger partial charge in [-0.15, -0.1) is 10.2 Å². The molecule has 2 amide bonds. The van der Waals surface area contributed by atoms with Crippen molar-refractivity contribution < 1.29 is 14.3 Å². The zero-order valence-electron chi connectivity index (χ0n) is 15.3. The average Bonchev–Trinajstić information content (AvgIpc) is 3.22. The predicted octanol–water partition coefficient (Wildman–Crippen LogP) is 3.86. The standard InChI is InChI=1S/C19H17ClN4O3S2/c1-27-15-5-3-2-4-12(15)10-21-16(25)11-28-19-24-23-18(29-19)17(26)22-14-8-6-13(20)7-9-14/h2-9H,10-11H2,1H3,(H,21,25)(H,22,26). The number of methoxy groups -OCH3 is 1. The highest BCUT2D eigenvalue weighted by atomic mass is 35.5. The summed E-state index contributed by atoms with van der Waals surface area (Å²) in [7, 11) is 1.59. The summed E-state index contributed by atoms with van der Waals surface area (Å²) in [5, 5.41) is 14.2. The fraction of sp³-hybridized carbons (Fsp3) is 0.158. The van der Waals surface area contributed by atoms with Gasteiger partial charge in [0.1, 0.15) is 5.75 Å². The molecule has 0 saturated heterocycles. The van der Waals surface area contributed by atoms with Crippen LogP contribution in [0, 0.1) is 0 Å². The van der Waals surface area contributed by atoms with E-state index in [4.69, 9.17) is 16.3 Å². The first-order valence-corrected chi connectivity index (χ1v) is 10.6. The number of nitrogens with one attached hydrogen (secondary N) is 2. The molecule has 3 rings (SSSR count). The Morgan fingerprint density at radius 2 is 1.90 bits per heavy atom. The number of hydrogen-bond donors (Lipinski definition) is 2. The van der Waals surface area contributed by atoms with E-state index in [-0.39, 0.29) is 22.6 Å². The Morgan fingerprint density at radius 3 is 2.66 bits per heavy atom. The van der Waals surface area contributed by atoms with E-state index in [1.165, 1.54) is 11.8 Å². The van der Waals surface area contributed by atoms with Crippen LogP contribution in [-0.4, -0.2) is 34.9 Å². The molecule has 150 valence electrons. The number of rotatable bonds is 8. The molecule has 2 aromatic carbocycles. The largest absolute Gasteiger partial charge is 0.496 e. The number of amides is 2. The lowest BCUT2D eigenvalue weighted by Gasteiger charge is -2.09. The van der Waals surface area contributed by atoms with E-state index >= 15 is 0 Å². The van der Waals surface area contributed by atoms with Crippen molar-refractivity contribution in [3.63, 3.8) is 0 Å². The maximum atomic E-state index is 12.2. The summed E-state index contributed by atoms with van der Waals surface area (Å²) in [4.78, 5) is 24.3. The monoisotopic (exact) mass is 448 g/mol. The van der Waals surface area contributed by atoms with Crippen LogP contribution in [0.2, 0.25) is 5.02 Å². The minimum absolute atomic E-state index is 0.150. The molecule has 0 aliphatic heterocycles. The summed E-state index contributed by atoms with van der Waals surface area (Å²) in [6, 6.07) is 14.2. The third-order valence-corrected chi connectivity index (χ3v) is 6.01. The normalized spacial score (nSPS) is 10.4. The van der Waals surface area contributed by atoms with Crippen molar-refractivity contribution in [2.45, 2.75) is 10.9 Å².